The van der Waals surface area contributed by atoms with Gasteiger partial charge in [-0.3, -0.25) is 0 Å². The molecule has 0 radical (unpaired) electrons. The van der Waals surface area contributed by atoms with Gasteiger partial charge in [0, 0.05) is 12.2 Å². The third-order valence-electron chi connectivity index (χ3n) is 1.66. The first-order valence-electron chi connectivity index (χ1n) is 4.48. The van der Waals surface area contributed by atoms with Crippen LogP contribution >= 0.6 is 0 Å². The molecule has 0 aliphatic carbocycles. The highest BCUT2D eigenvalue weighted by Gasteiger charge is 2.06. The van der Waals surface area contributed by atoms with Gasteiger partial charge in [-0.05, 0) is 25.8 Å². The first-order valence-corrected chi connectivity index (χ1v) is 4.48. The summed E-state index contributed by atoms with van der Waals surface area (Å²) in [5, 5.41) is 6.70. The molecule has 0 spiro atoms. The maximum atomic E-state index is 11.4. The minimum Gasteiger partial charge on any atom is -0.334 e. The quantitative estimate of drug-likeness (QED) is 0.749. The van der Waals surface area contributed by atoms with E-state index in [0.717, 1.165) is 12.0 Å². The standard InChI is InChI=1S/C9H15N3O/c1-4-8-5-10-12(6-8)9(13)11-7(2)3/h5-7H,4H2,1-3H3,(H,11,13). The number of aryl methyl sites for hydroxylation is 1. The third kappa shape index (κ3) is 2.57. The third-order valence-corrected chi connectivity index (χ3v) is 1.66. The van der Waals surface area contributed by atoms with Crippen LogP contribution < -0.4 is 5.32 Å². The van der Waals surface area contributed by atoms with Crippen molar-refractivity contribution in [2.24, 2.45) is 0 Å². The minimum atomic E-state index is -0.172. The van der Waals surface area contributed by atoms with E-state index in [0.29, 0.717) is 0 Å². The lowest BCUT2D eigenvalue weighted by molar-refractivity contribution is 0.237. The van der Waals surface area contributed by atoms with Gasteiger partial charge in [-0.1, -0.05) is 6.92 Å². The van der Waals surface area contributed by atoms with Crippen molar-refractivity contribution < 1.29 is 4.79 Å². The number of amides is 1. The van der Waals surface area contributed by atoms with Crippen LogP contribution in [-0.4, -0.2) is 21.9 Å². The summed E-state index contributed by atoms with van der Waals surface area (Å²) in [6.45, 7) is 5.87. The van der Waals surface area contributed by atoms with Crippen molar-refractivity contribution in [1.82, 2.24) is 15.1 Å². The normalized spacial score (nSPS) is 10.5. The van der Waals surface area contributed by atoms with Gasteiger partial charge in [0.1, 0.15) is 0 Å². The summed E-state index contributed by atoms with van der Waals surface area (Å²) >= 11 is 0. The Balaban J connectivity index is 2.66. The number of aromatic nitrogens is 2. The van der Waals surface area contributed by atoms with Crippen molar-refractivity contribution in [2.45, 2.75) is 33.2 Å². The highest BCUT2D eigenvalue weighted by atomic mass is 16.2. The van der Waals surface area contributed by atoms with E-state index in [9.17, 15) is 4.79 Å². The molecular weight excluding hydrogens is 166 g/mol. The van der Waals surface area contributed by atoms with Crippen LogP contribution in [-0.2, 0) is 6.42 Å². The molecule has 1 rings (SSSR count). The molecule has 1 aromatic rings. The Kier molecular flexibility index (Phi) is 3.06. The summed E-state index contributed by atoms with van der Waals surface area (Å²) < 4.78 is 1.33. The Morgan fingerprint density at radius 3 is 2.85 bits per heavy atom. The second-order valence-corrected chi connectivity index (χ2v) is 3.25. The summed E-state index contributed by atoms with van der Waals surface area (Å²) in [6.07, 6.45) is 4.35. The van der Waals surface area contributed by atoms with Gasteiger partial charge in [-0.15, -0.1) is 0 Å². The van der Waals surface area contributed by atoms with E-state index in [1.165, 1.54) is 4.68 Å². The molecule has 1 aromatic heterocycles. The molecular formula is C9H15N3O. The fourth-order valence-electron chi connectivity index (χ4n) is 0.967. The van der Waals surface area contributed by atoms with E-state index in [1.807, 2.05) is 20.8 Å². The first-order chi connectivity index (χ1) is 6.13. The van der Waals surface area contributed by atoms with Crippen LogP contribution in [0.2, 0.25) is 0 Å². The lowest BCUT2D eigenvalue weighted by Gasteiger charge is -2.06. The lowest BCUT2D eigenvalue weighted by atomic mass is 10.3. The zero-order valence-corrected chi connectivity index (χ0v) is 8.24. The fraction of sp³-hybridized carbons (Fsp3) is 0.556. The predicted molar refractivity (Wildman–Crippen MR) is 50.7 cm³/mol. The molecule has 0 aliphatic heterocycles. The van der Waals surface area contributed by atoms with E-state index in [4.69, 9.17) is 0 Å². The van der Waals surface area contributed by atoms with Crippen LogP contribution in [0.25, 0.3) is 0 Å². The number of carbonyl (C=O) groups excluding carboxylic acids is 1. The Bertz CT molecular complexity index is 291. The molecule has 0 unspecified atom stereocenters. The molecule has 0 saturated carbocycles. The van der Waals surface area contributed by atoms with E-state index in [1.54, 1.807) is 12.4 Å². The second kappa shape index (κ2) is 4.07. The smallest absolute Gasteiger partial charge is 0.334 e. The average Bonchev–Trinajstić information content (AvgIpc) is 2.50. The van der Waals surface area contributed by atoms with Crippen LogP contribution in [0.5, 0.6) is 0 Å². The molecule has 4 nitrogen and oxygen atoms in total. The predicted octanol–water partition coefficient (Wildman–Crippen LogP) is 1.41. The molecule has 0 aromatic carbocycles. The van der Waals surface area contributed by atoms with Crippen LogP contribution in [0.15, 0.2) is 12.4 Å². The summed E-state index contributed by atoms with van der Waals surface area (Å²) in [6, 6.07) is -0.0310. The van der Waals surface area contributed by atoms with Crippen molar-refractivity contribution in [2.75, 3.05) is 0 Å². The van der Waals surface area contributed by atoms with E-state index in [2.05, 4.69) is 10.4 Å². The highest BCUT2D eigenvalue weighted by molar-refractivity contribution is 5.75. The van der Waals surface area contributed by atoms with Crippen LogP contribution in [0.1, 0.15) is 26.3 Å². The number of carbonyl (C=O) groups is 1. The van der Waals surface area contributed by atoms with Crippen molar-refractivity contribution in [1.29, 1.82) is 0 Å². The van der Waals surface area contributed by atoms with Crippen molar-refractivity contribution in [3.05, 3.63) is 18.0 Å². The van der Waals surface area contributed by atoms with Gasteiger partial charge in [0.2, 0.25) is 0 Å². The molecule has 0 fully saturated rings. The van der Waals surface area contributed by atoms with Crippen LogP contribution in [0.4, 0.5) is 4.79 Å². The molecule has 4 heteroatoms. The Morgan fingerprint density at radius 2 is 2.38 bits per heavy atom. The van der Waals surface area contributed by atoms with E-state index in [-0.39, 0.29) is 12.1 Å². The largest absolute Gasteiger partial charge is 0.342 e. The van der Waals surface area contributed by atoms with Crippen LogP contribution in [0.3, 0.4) is 0 Å². The summed E-state index contributed by atoms with van der Waals surface area (Å²) in [5.41, 5.74) is 1.07. The Labute approximate surface area is 77.9 Å². The second-order valence-electron chi connectivity index (χ2n) is 3.25. The lowest BCUT2D eigenvalue weighted by Crippen LogP contribution is -2.34. The Morgan fingerprint density at radius 1 is 1.69 bits per heavy atom. The van der Waals surface area contributed by atoms with Crippen molar-refractivity contribution in [3.63, 3.8) is 0 Å². The zero-order chi connectivity index (χ0) is 9.84. The van der Waals surface area contributed by atoms with Crippen LogP contribution in [0, 0.1) is 0 Å². The van der Waals surface area contributed by atoms with E-state index >= 15 is 0 Å². The molecule has 13 heavy (non-hydrogen) atoms. The summed E-state index contributed by atoms with van der Waals surface area (Å²) in [7, 11) is 0. The average molecular weight is 181 g/mol. The van der Waals surface area contributed by atoms with Gasteiger partial charge >= 0.3 is 6.03 Å². The number of nitrogens with zero attached hydrogens (tertiary/aromatic N) is 2. The number of hydrogen-bond donors (Lipinski definition) is 1. The highest BCUT2D eigenvalue weighted by Crippen LogP contribution is 1.97. The molecule has 0 aliphatic rings. The van der Waals surface area contributed by atoms with E-state index < -0.39 is 0 Å². The van der Waals surface area contributed by atoms with Gasteiger partial charge in [-0.25, -0.2) is 4.79 Å². The molecule has 0 atom stereocenters. The minimum absolute atomic E-state index is 0.141. The number of rotatable bonds is 2. The molecule has 72 valence electrons. The topological polar surface area (TPSA) is 46.9 Å². The molecule has 1 amide bonds. The van der Waals surface area contributed by atoms with Gasteiger partial charge in [0.25, 0.3) is 0 Å². The van der Waals surface area contributed by atoms with Gasteiger partial charge in [0.05, 0.1) is 6.20 Å². The number of nitrogens with one attached hydrogen (secondary N) is 1. The molecule has 0 bridgehead atoms. The molecule has 0 saturated heterocycles. The maximum absolute atomic E-state index is 11.4. The van der Waals surface area contributed by atoms with Gasteiger partial charge < -0.3 is 5.32 Å². The maximum Gasteiger partial charge on any atom is 0.342 e. The SMILES string of the molecule is CCc1cnn(C(=O)NC(C)C)c1. The zero-order valence-electron chi connectivity index (χ0n) is 8.24. The molecule has 1 heterocycles. The molecule has 1 N–H and O–H groups in total. The summed E-state index contributed by atoms with van der Waals surface area (Å²) in [4.78, 5) is 11.4. The Hall–Kier alpha value is -1.32. The monoisotopic (exact) mass is 181 g/mol. The summed E-state index contributed by atoms with van der Waals surface area (Å²) in [5.74, 6) is 0. The van der Waals surface area contributed by atoms with Crippen molar-refractivity contribution >= 4 is 6.03 Å². The van der Waals surface area contributed by atoms with Crippen molar-refractivity contribution in [3.8, 4) is 0 Å². The van der Waals surface area contributed by atoms with Gasteiger partial charge in [-0.2, -0.15) is 9.78 Å². The van der Waals surface area contributed by atoms with Gasteiger partial charge in [0.15, 0.2) is 0 Å². The first kappa shape index (κ1) is 9.77. The number of hydrogen-bond acceptors (Lipinski definition) is 2. The fourth-order valence-corrected chi connectivity index (χ4v) is 0.967.